The van der Waals surface area contributed by atoms with E-state index in [2.05, 4.69) is 26.0 Å². The van der Waals surface area contributed by atoms with E-state index in [-0.39, 0.29) is 22.3 Å². The molecule has 4 saturated carbocycles. The number of aromatic hydroxyl groups is 2. The zero-order valence-electron chi connectivity index (χ0n) is 18.6. The van der Waals surface area contributed by atoms with Crippen molar-refractivity contribution in [3.05, 3.63) is 45.5 Å². The van der Waals surface area contributed by atoms with Crippen molar-refractivity contribution < 1.29 is 10.2 Å². The summed E-state index contributed by atoms with van der Waals surface area (Å²) in [5.74, 6) is 1.87. The molecule has 6 rings (SSSR count). The average molecular weight is 407 g/mol. The standard InChI is InChI=1S/C26H34N2O2/c1-13-5-19(15(3)21(27)23(13)29)25-8-17-7-18(9-25)11-26(10-17,12-25)20-6-14(2)24(30)22(28)16(20)4/h5-6,17-18,29-30H,7-12,27-28H2,1-4H3. The molecule has 4 nitrogen and oxygen atoms in total. The molecule has 0 unspecified atom stereocenters. The SMILES string of the molecule is Cc1cc(C23CC4CC(C2)CC(c2cc(C)c(O)c(N)c2C)(C4)C3)c(C)c(N)c1O. The van der Waals surface area contributed by atoms with Gasteiger partial charge < -0.3 is 21.7 Å². The van der Waals surface area contributed by atoms with Gasteiger partial charge in [0.05, 0.1) is 11.4 Å². The molecular formula is C26H34N2O2. The molecule has 160 valence electrons. The number of aryl methyl sites for hydroxylation is 2. The number of benzene rings is 2. The van der Waals surface area contributed by atoms with Gasteiger partial charge in [0.15, 0.2) is 0 Å². The van der Waals surface area contributed by atoms with E-state index in [0.29, 0.717) is 23.2 Å². The molecule has 4 bridgehead atoms. The Hall–Kier alpha value is -2.36. The topological polar surface area (TPSA) is 92.5 Å². The summed E-state index contributed by atoms with van der Waals surface area (Å²) in [7, 11) is 0. The van der Waals surface area contributed by atoms with Crippen LogP contribution in [0, 0.1) is 39.5 Å². The van der Waals surface area contributed by atoms with Crippen molar-refractivity contribution in [3.8, 4) is 11.5 Å². The molecular weight excluding hydrogens is 372 g/mol. The first kappa shape index (κ1) is 19.6. The van der Waals surface area contributed by atoms with Crippen LogP contribution in [0.4, 0.5) is 11.4 Å². The lowest BCUT2D eigenvalue weighted by Crippen LogP contribution is -2.56. The summed E-state index contributed by atoms with van der Waals surface area (Å²) in [5.41, 5.74) is 20.5. The van der Waals surface area contributed by atoms with E-state index in [4.69, 9.17) is 11.5 Å². The molecule has 2 aromatic rings. The second-order valence-corrected chi connectivity index (χ2v) is 10.8. The van der Waals surface area contributed by atoms with Crippen LogP contribution in [0.25, 0.3) is 0 Å². The first-order chi connectivity index (χ1) is 14.1. The minimum atomic E-state index is 0.105. The maximum Gasteiger partial charge on any atom is 0.141 e. The van der Waals surface area contributed by atoms with Crippen molar-refractivity contribution in [2.45, 2.75) is 77.0 Å². The summed E-state index contributed by atoms with van der Waals surface area (Å²) >= 11 is 0. The van der Waals surface area contributed by atoms with E-state index in [0.717, 1.165) is 28.7 Å². The second kappa shape index (κ2) is 6.09. The number of rotatable bonds is 2. The van der Waals surface area contributed by atoms with E-state index in [9.17, 15) is 10.2 Å². The summed E-state index contributed by atoms with van der Waals surface area (Å²) in [6, 6.07) is 4.40. The molecule has 4 aliphatic carbocycles. The third kappa shape index (κ3) is 2.45. The molecule has 6 N–H and O–H groups in total. The summed E-state index contributed by atoms with van der Waals surface area (Å²) < 4.78 is 0. The number of anilines is 2. The zero-order chi connectivity index (χ0) is 21.6. The fourth-order valence-corrected chi connectivity index (χ4v) is 7.85. The minimum Gasteiger partial charge on any atom is -0.506 e. The summed E-state index contributed by atoms with van der Waals surface area (Å²) in [5, 5.41) is 20.8. The van der Waals surface area contributed by atoms with Crippen molar-refractivity contribution >= 4 is 11.4 Å². The lowest BCUT2D eigenvalue weighted by atomic mass is 9.41. The van der Waals surface area contributed by atoms with Gasteiger partial charge in [0.2, 0.25) is 0 Å². The molecule has 0 amide bonds. The van der Waals surface area contributed by atoms with Crippen LogP contribution in [0.2, 0.25) is 0 Å². The number of hydrogen-bond donors (Lipinski definition) is 4. The van der Waals surface area contributed by atoms with Crippen molar-refractivity contribution in [3.63, 3.8) is 0 Å². The van der Waals surface area contributed by atoms with E-state index < -0.39 is 0 Å². The second-order valence-electron chi connectivity index (χ2n) is 10.8. The highest BCUT2D eigenvalue weighted by molar-refractivity contribution is 5.67. The van der Waals surface area contributed by atoms with Gasteiger partial charge in [-0.15, -0.1) is 0 Å². The van der Waals surface area contributed by atoms with E-state index in [1.165, 1.54) is 43.2 Å². The van der Waals surface area contributed by atoms with Gasteiger partial charge in [-0.2, -0.15) is 0 Å². The van der Waals surface area contributed by atoms with Crippen LogP contribution < -0.4 is 11.5 Å². The molecule has 0 spiro atoms. The van der Waals surface area contributed by atoms with Crippen LogP contribution in [0.1, 0.15) is 71.9 Å². The number of nitrogens with two attached hydrogens (primary N) is 2. The smallest absolute Gasteiger partial charge is 0.141 e. The van der Waals surface area contributed by atoms with Crippen molar-refractivity contribution in [1.82, 2.24) is 0 Å². The highest BCUT2D eigenvalue weighted by Gasteiger charge is 2.59. The van der Waals surface area contributed by atoms with Crippen LogP contribution in [0.3, 0.4) is 0 Å². The molecule has 4 heteroatoms. The Morgan fingerprint density at radius 1 is 0.733 bits per heavy atom. The van der Waals surface area contributed by atoms with E-state index >= 15 is 0 Å². The van der Waals surface area contributed by atoms with Gasteiger partial charge in [0.1, 0.15) is 11.5 Å². The summed E-state index contributed by atoms with van der Waals surface area (Å²) in [4.78, 5) is 0. The first-order valence-corrected chi connectivity index (χ1v) is 11.3. The Labute approximate surface area is 179 Å². The fourth-order valence-electron chi connectivity index (χ4n) is 7.85. The Kier molecular flexibility index (Phi) is 3.98. The molecule has 4 fully saturated rings. The number of hydrogen-bond acceptors (Lipinski definition) is 4. The summed E-state index contributed by atoms with van der Waals surface area (Å²) in [6.07, 6.45) is 7.26. The number of phenolic OH excluding ortho intramolecular Hbond substituents is 2. The predicted octanol–water partition coefficient (Wildman–Crippen LogP) is 5.29. The minimum absolute atomic E-state index is 0.105. The molecule has 0 radical (unpaired) electrons. The van der Waals surface area contributed by atoms with Gasteiger partial charge in [0.25, 0.3) is 0 Å². The molecule has 0 aliphatic heterocycles. The maximum absolute atomic E-state index is 10.4. The fraction of sp³-hybridized carbons (Fsp3) is 0.538. The van der Waals surface area contributed by atoms with Crippen molar-refractivity contribution in [2.75, 3.05) is 11.5 Å². The Morgan fingerprint density at radius 3 is 1.47 bits per heavy atom. The van der Waals surface area contributed by atoms with Gasteiger partial charge in [-0.05, 0) is 122 Å². The van der Waals surface area contributed by atoms with Gasteiger partial charge in [-0.1, -0.05) is 12.1 Å². The molecule has 2 aromatic carbocycles. The molecule has 0 aromatic heterocycles. The quantitative estimate of drug-likeness (QED) is 0.403. The largest absolute Gasteiger partial charge is 0.506 e. The number of nitrogen functional groups attached to an aromatic ring is 2. The highest BCUT2D eigenvalue weighted by Crippen LogP contribution is 2.67. The predicted molar refractivity (Wildman–Crippen MR) is 122 cm³/mol. The van der Waals surface area contributed by atoms with E-state index in [1.807, 2.05) is 13.8 Å². The Morgan fingerprint density at radius 2 is 1.10 bits per heavy atom. The van der Waals surface area contributed by atoms with Crippen LogP contribution in [-0.2, 0) is 10.8 Å². The molecule has 30 heavy (non-hydrogen) atoms. The molecule has 0 atom stereocenters. The van der Waals surface area contributed by atoms with Gasteiger partial charge in [-0.25, -0.2) is 0 Å². The lowest BCUT2D eigenvalue weighted by Gasteiger charge is -2.63. The normalized spacial score (nSPS) is 32.0. The monoisotopic (exact) mass is 406 g/mol. The summed E-state index contributed by atoms with van der Waals surface area (Å²) in [6.45, 7) is 8.06. The highest BCUT2D eigenvalue weighted by atomic mass is 16.3. The van der Waals surface area contributed by atoms with Crippen LogP contribution >= 0.6 is 0 Å². The molecule has 0 heterocycles. The number of phenols is 2. The Bertz CT molecular complexity index is 976. The first-order valence-electron chi connectivity index (χ1n) is 11.3. The van der Waals surface area contributed by atoms with Crippen molar-refractivity contribution in [2.24, 2.45) is 11.8 Å². The van der Waals surface area contributed by atoms with Gasteiger partial charge in [0, 0.05) is 0 Å². The Balaban J connectivity index is 1.70. The van der Waals surface area contributed by atoms with E-state index in [1.54, 1.807) is 0 Å². The maximum atomic E-state index is 10.4. The van der Waals surface area contributed by atoms with Crippen LogP contribution in [0.15, 0.2) is 12.1 Å². The van der Waals surface area contributed by atoms with Crippen molar-refractivity contribution in [1.29, 1.82) is 0 Å². The van der Waals surface area contributed by atoms with Crippen LogP contribution in [-0.4, -0.2) is 10.2 Å². The van der Waals surface area contributed by atoms with Gasteiger partial charge >= 0.3 is 0 Å². The van der Waals surface area contributed by atoms with Crippen LogP contribution in [0.5, 0.6) is 11.5 Å². The molecule has 4 aliphatic rings. The third-order valence-corrected chi connectivity index (χ3v) is 8.80. The lowest BCUT2D eigenvalue weighted by molar-refractivity contribution is -0.0286. The average Bonchev–Trinajstić information content (AvgIpc) is 2.69. The van der Waals surface area contributed by atoms with Gasteiger partial charge in [-0.3, -0.25) is 0 Å². The zero-order valence-corrected chi connectivity index (χ0v) is 18.6. The molecule has 0 saturated heterocycles. The third-order valence-electron chi connectivity index (χ3n) is 8.80.